The molecular weight excluding hydrogens is 309 g/mol. The first kappa shape index (κ1) is 14.5. The molecule has 0 bridgehead atoms. The lowest BCUT2D eigenvalue weighted by atomic mass is 9.91. The van der Waals surface area contributed by atoms with Gasteiger partial charge in [0.1, 0.15) is 0 Å². The molecule has 1 aliphatic heterocycles. The topological polar surface area (TPSA) is 95.9 Å². The number of aliphatic hydroxyl groups is 1. The summed E-state index contributed by atoms with van der Waals surface area (Å²) >= 11 is 12.0. The highest BCUT2D eigenvalue weighted by Crippen LogP contribution is 2.43. The number of hydrogen-bond acceptors (Lipinski definition) is 4. The van der Waals surface area contributed by atoms with Crippen LogP contribution >= 0.6 is 23.2 Å². The van der Waals surface area contributed by atoms with Crippen LogP contribution in [0.4, 0.5) is 4.79 Å². The van der Waals surface area contributed by atoms with Gasteiger partial charge in [-0.3, -0.25) is 10.1 Å². The molecule has 0 saturated carbocycles. The van der Waals surface area contributed by atoms with Crippen molar-refractivity contribution in [2.75, 3.05) is 0 Å². The number of aliphatic hydroxyl groups excluding tert-OH is 1. The Balaban J connectivity index is 2.49. The molecule has 2 rings (SSSR count). The van der Waals surface area contributed by atoms with Gasteiger partial charge in [-0.15, -0.1) is 0 Å². The zero-order valence-corrected chi connectivity index (χ0v) is 11.6. The molecule has 1 atom stereocenters. The second-order valence-corrected chi connectivity index (χ2v) is 4.98. The molecule has 1 aromatic rings. The molecule has 1 unspecified atom stereocenters. The lowest BCUT2D eigenvalue weighted by Crippen LogP contribution is -2.32. The van der Waals surface area contributed by atoms with E-state index in [0.29, 0.717) is 0 Å². The molecule has 20 heavy (non-hydrogen) atoms. The Labute approximate surface area is 123 Å². The third kappa shape index (κ3) is 2.17. The van der Waals surface area contributed by atoms with E-state index in [0.717, 1.165) is 0 Å². The van der Waals surface area contributed by atoms with Gasteiger partial charge in [-0.1, -0.05) is 29.3 Å². The number of carbonyl (C=O) groups is 2. The largest absolute Gasteiger partial charge is 0.501 e. The van der Waals surface area contributed by atoms with Crippen LogP contribution in [0.1, 0.15) is 12.5 Å². The van der Waals surface area contributed by atoms with Gasteiger partial charge in [0, 0.05) is 15.6 Å². The second kappa shape index (κ2) is 4.88. The van der Waals surface area contributed by atoms with E-state index in [2.05, 4.69) is 0 Å². The van der Waals surface area contributed by atoms with Gasteiger partial charge in [0.25, 0.3) is 5.78 Å². The molecule has 1 aliphatic rings. The fraction of sp³-hybridized carbons (Fsp3) is 0.167. The van der Waals surface area contributed by atoms with Crippen LogP contribution in [0, 0.1) is 0 Å². The van der Waals surface area contributed by atoms with Gasteiger partial charge in [0.2, 0.25) is 17.2 Å². The number of hydrogen-bond donors (Lipinski definition) is 3. The number of rotatable bonds is 2. The third-order valence-corrected chi connectivity index (χ3v) is 3.46. The van der Waals surface area contributed by atoms with Crippen LogP contribution in [0.2, 0.25) is 10.0 Å². The molecule has 0 saturated heterocycles. The maximum atomic E-state index is 12.1. The fourth-order valence-electron chi connectivity index (χ4n) is 1.93. The van der Waals surface area contributed by atoms with Crippen molar-refractivity contribution >= 4 is 35.1 Å². The quantitative estimate of drug-likeness (QED) is 0.779. The summed E-state index contributed by atoms with van der Waals surface area (Å²) in [7, 11) is 0. The van der Waals surface area contributed by atoms with E-state index >= 15 is 0 Å². The first-order chi connectivity index (χ1) is 9.27. The van der Waals surface area contributed by atoms with Crippen molar-refractivity contribution in [2.45, 2.75) is 12.5 Å². The van der Waals surface area contributed by atoms with Crippen molar-refractivity contribution in [1.82, 2.24) is 5.32 Å². The Hall–Kier alpha value is -1.92. The molecular formula is C12H9Cl2NO5. The van der Waals surface area contributed by atoms with Gasteiger partial charge in [0.05, 0.1) is 0 Å². The summed E-state index contributed by atoms with van der Waals surface area (Å²) in [4.78, 5) is 22.7. The molecule has 6 nitrogen and oxygen atoms in total. The van der Waals surface area contributed by atoms with E-state index in [1.165, 1.54) is 19.1 Å². The first-order valence-corrected chi connectivity index (χ1v) is 6.14. The second-order valence-electron chi connectivity index (χ2n) is 4.17. The molecule has 1 aromatic carbocycles. The normalized spacial score (nSPS) is 21.9. The summed E-state index contributed by atoms with van der Waals surface area (Å²) in [5, 5.41) is 20.4. The van der Waals surface area contributed by atoms with Crippen LogP contribution in [-0.4, -0.2) is 22.1 Å². The Morgan fingerprint density at radius 2 is 1.90 bits per heavy atom. The predicted octanol–water partition coefficient (Wildman–Crippen LogP) is 2.80. The van der Waals surface area contributed by atoms with Crippen LogP contribution in [-0.2, 0) is 15.1 Å². The fourth-order valence-corrected chi connectivity index (χ4v) is 2.69. The van der Waals surface area contributed by atoms with E-state index in [4.69, 9.17) is 33.0 Å². The van der Waals surface area contributed by atoms with Gasteiger partial charge < -0.3 is 14.9 Å². The first-order valence-electron chi connectivity index (χ1n) is 5.39. The van der Waals surface area contributed by atoms with Crippen molar-refractivity contribution in [3.05, 3.63) is 45.5 Å². The van der Waals surface area contributed by atoms with E-state index in [9.17, 15) is 14.7 Å². The van der Waals surface area contributed by atoms with Gasteiger partial charge in [-0.05, 0) is 19.1 Å². The maximum Gasteiger partial charge on any atom is 0.411 e. The molecule has 0 radical (unpaired) electrons. The van der Waals surface area contributed by atoms with Crippen LogP contribution in [0.15, 0.2) is 29.8 Å². The summed E-state index contributed by atoms with van der Waals surface area (Å²) < 4.78 is 5.25. The van der Waals surface area contributed by atoms with Gasteiger partial charge in [-0.2, -0.15) is 0 Å². The summed E-state index contributed by atoms with van der Waals surface area (Å²) in [6, 6.07) is 4.59. The van der Waals surface area contributed by atoms with Crippen LogP contribution in [0.5, 0.6) is 0 Å². The highest BCUT2D eigenvalue weighted by molar-refractivity contribution is 6.36. The monoisotopic (exact) mass is 317 g/mol. The number of amides is 1. The average molecular weight is 318 g/mol. The molecule has 0 spiro atoms. The number of benzene rings is 1. The van der Waals surface area contributed by atoms with Crippen LogP contribution in [0.25, 0.3) is 0 Å². The smallest absolute Gasteiger partial charge is 0.411 e. The molecule has 8 heteroatoms. The Kier molecular flexibility index (Phi) is 3.54. The minimum Gasteiger partial charge on any atom is -0.501 e. The minimum absolute atomic E-state index is 0.155. The average Bonchev–Trinajstić information content (AvgIpc) is 2.54. The lowest BCUT2D eigenvalue weighted by molar-refractivity contribution is -0.131. The van der Waals surface area contributed by atoms with Gasteiger partial charge >= 0.3 is 6.09 Å². The third-order valence-electron chi connectivity index (χ3n) is 2.83. The van der Waals surface area contributed by atoms with Crippen LogP contribution in [0.3, 0.4) is 0 Å². The number of nitrogens with one attached hydrogen (secondary N) is 1. The SMILES string of the molecule is CC1(c2c(Cl)cccc2Cl)OC(NC(=O)O)=C(O)C1=O. The summed E-state index contributed by atoms with van der Waals surface area (Å²) in [5.74, 6) is -2.22. The number of carboxylic acid groups (broad SMARTS) is 1. The van der Waals surface area contributed by atoms with E-state index in [1.54, 1.807) is 11.4 Å². The molecule has 1 amide bonds. The molecule has 1 heterocycles. The number of halogens is 2. The number of carbonyl (C=O) groups excluding carboxylic acids is 1. The summed E-state index contributed by atoms with van der Waals surface area (Å²) in [6.07, 6.45) is -1.48. The standard InChI is InChI=1S/C12H9Cl2NO5/c1-12(7-5(13)3-2-4-6(7)14)9(17)8(16)10(20-12)15-11(18)19/h2-4,15-16H,1H3,(H,18,19). The number of ketones is 1. The maximum absolute atomic E-state index is 12.1. The predicted molar refractivity (Wildman–Crippen MR) is 70.7 cm³/mol. The van der Waals surface area contributed by atoms with Crippen molar-refractivity contribution in [3.63, 3.8) is 0 Å². The molecule has 0 aromatic heterocycles. The van der Waals surface area contributed by atoms with E-state index in [-0.39, 0.29) is 15.6 Å². The van der Waals surface area contributed by atoms with Crippen molar-refractivity contribution in [2.24, 2.45) is 0 Å². The van der Waals surface area contributed by atoms with Crippen molar-refractivity contribution in [1.29, 1.82) is 0 Å². The summed E-state index contributed by atoms with van der Waals surface area (Å²) in [6.45, 7) is 1.34. The molecule has 106 valence electrons. The highest BCUT2D eigenvalue weighted by atomic mass is 35.5. The van der Waals surface area contributed by atoms with E-state index < -0.39 is 29.1 Å². The van der Waals surface area contributed by atoms with Crippen molar-refractivity contribution < 1.29 is 24.5 Å². The Bertz CT molecular complexity index is 622. The Morgan fingerprint density at radius 3 is 2.40 bits per heavy atom. The van der Waals surface area contributed by atoms with E-state index in [1.807, 2.05) is 0 Å². The van der Waals surface area contributed by atoms with Crippen molar-refractivity contribution in [3.8, 4) is 0 Å². The zero-order chi connectivity index (χ0) is 15.1. The number of Topliss-reactive ketones (excluding diaryl/α,β-unsaturated/α-hetero) is 1. The van der Waals surface area contributed by atoms with Gasteiger partial charge in [0.15, 0.2) is 0 Å². The zero-order valence-electron chi connectivity index (χ0n) is 10.1. The molecule has 0 aliphatic carbocycles. The lowest BCUT2D eigenvalue weighted by Gasteiger charge is -2.25. The molecule has 0 fully saturated rings. The van der Waals surface area contributed by atoms with Gasteiger partial charge in [-0.25, -0.2) is 4.79 Å². The number of ether oxygens (including phenoxy) is 1. The molecule has 3 N–H and O–H groups in total. The Morgan fingerprint density at radius 1 is 1.35 bits per heavy atom. The minimum atomic E-state index is -1.70. The summed E-state index contributed by atoms with van der Waals surface area (Å²) in [5.41, 5.74) is -1.54. The van der Waals surface area contributed by atoms with Crippen LogP contribution < -0.4 is 5.32 Å². The highest BCUT2D eigenvalue weighted by Gasteiger charge is 2.50.